The fraction of sp³-hybridized carbons (Fsp3) is 0.200. The zero-order valence-electron chi connectivity index (χ0n) is 11.2. The van der Waals surface area contributed by atoms with Gasteiger partial charge in [0.25, 0.3) is 0 Å². The van der Waals surface area contributed by atoms with Crippen LogP contribution >= 0.6 is 11.6 Å². The van der Waals surface area contributed by atoms with Crippen molar-refractivity contribution in [3.63, 3.8) is 0 Å². The minimum absolute atomic E-state index is 0.291. The number of hydrogen-bond acceptors (Lipinski definition) is 3. The van der Waals surface area contributed by atoms with Crippen molar-refractivity contribution in [2.45, 2.75) is 6.04 Å². The van der Waals surface area contributed by atoms with Crippen molar-refractivity contribution in [1.82, 2.24) is 0 Å². The molecule has 0 amide bonds. The van der Waals surface area contributed by atoms with E-state index in [9.17, 15) is 4.39 Å². The van der Waals surface area contributed by atoms with Gasteiger partial charge in [0.1, 0.15) is 17.3 Å². The van der Waals surface area contributed by atoms with E-state index in [1.54, 1.807) is 38.5 Å². The van der Waals surface area contributed by atoms with Gasteiger partial charge in [0.15, 0.2) is 0 Å². The third-order valence-corrected chi connectivity index (χ3v) is 3.36. The van der Waals surface area contributed by atoms with Gasteiger partial charge >= 0.3 is 0 Å². The monoisotopic (exact) mass is 295 g/mol. The van der Waals surface area contributed by atoms with Crippen molar-refractivity contribution >= 4 is 11.6 Å². The topological polar surface area (TPSA) is 44.5 Å². The van der Waals surface area contributed by atoms with Crippen LogP contribution in [-0.4, -0.2) is 14.2 Å². The maximum absolute atomic E-state index is 13.1. The molecule has 0 spiro atoms. The van der Waals surface area contributed by atoms with Gasteiger partial charge in [0, 0.05) is 11.1 Å². The molecule has 0 fully saturated rings. The molecule has 0 aliphatic rings. The van der Waals surface area contributed by atoms with Crippen molar-refractivity contribution in [2.24, 2.45) is 5.73 Å². The van der Waals surface area contributed by atoms with E-state index in [-0.39, 0.29) is 0 Å². The molecule has 106 valence electrons. The molecular formula is C15H15ClFNO2. The summed E-state index contributed by atoms with van der Waals surface area (Å²) in [6.45, 7) is 0. The largest absolute Gasteiger partial charge is 0.497 e. The van der Waals surface area contributed by atoms with Crippen LogP contribution in [0.3, 0.4) is 0 Å². The SMILES string of the molecule is COc1cc(OC)cc(C(N)c2ccc(F)cc2Cl)c1. The van der Waals surface area contributed by atoms with E-state index in [0.29, 0.717) is 22.1 Å². The molecule has 0 aliphatic carbocycles. The summed E-state index contributed by atoms with van der Waals surface area (Å²) in [5.74, 6) is 0.871. The van der Waals surface area contributed by atoms with Gasteiger partial charge in [-0.05, 0) is 35.4 Å². The second-order valence-corrected chi connectivity index (χ2v) is 4.70. The van der Waals surface area contributed by atoms with Crippen LogP contribution in [0.15, 0.2) is 36.4 Å². The Hall–Kier alpha value is -1.78. The third-order valence-electron chi connectivity index (χ3n) is 3.03. The number of benzene rings is 2. The molecule has 0 saturated heterocycles. The molecule has 0 saturated carbocycles. The summed E-state index contributed by atoms with van der Waals surface area (Å²) in [6.07, 6.45) is 0. The zero-order valence-corrected chi connectivity index (χ0v) is 11.9. The lowest BCUT2D eigenvalue weighted by Crippen LogP contribution is -2.13. The van der Waals surface area contributed by atoms with Gasteiger partial charge in [-0.3, -0.25) is 0 Å². The molecule has 0 aliphatic heterocycles. The third kappa shape index (κ3) is 3.03. The maximum atomic E-state index is 13.1. The quantitative estimate of drug-likeness (QED) is 0.938. The van der Waals surface area contributed by atoms with Crippen LogP contribution in [0.2, 0.25) is 5.02 Å². The van der Waals surface area contributed by atoms with Gasteiger partial charge in [0.05, 0.1) is 20.3 Å². The van der Waals surface area contributed by atoms with Crippen molar-refractivity contribution in [3.05, 3.63) is 58.4 Å². The lowest BCUT2D eigenvalue weighted by molar-refractivity contribution is 0.393. The molecule has 0 aromatic heterocycles. The van der Waals surface area contributed by atoms with E-state index < -0.39 is 11.9 Å². The Morgan fingerprint density at radius 3 is 2.15 bits per heavy atom. The molecule has 0 radical (unpaired) electrons. The van der Waals surface area contributed by atoms with Gasteiger partial charge in [-0.25, -0.2) is 4.39 Å². The summed E-state index contributed by atoms with van der Waals surface area (Å²) in [4.78, 5) is 0. The van der Waals surface area contributed by atoms with E-state index in [1.165, 1.54) is 12.1 Å². The standard InChI is InChI=1S/C15H15ClFNO2/c1-19-11-5-9(6-12(8-11)20-2)15(18)13-4-3-10(17)7-14(13)16/h3-8,15H,18H2,1-2H3. The number of ether oxygens (including phenoxy) is 2. The summed E-state index contributed by atoms with van der Waals surface area (Å²) in [5.41, 5.74) is 7.61. The van der Waals surface area contributed by atoms with Crippen LogP contribution in [0.25, 0.3) is 0 Å². The molecule has 0 bridgehead atoms. The maximum Gasteiger partial charge on any atom is 0.124 e. The Morgan fingerprint density at radius 2 is 1.65 bits per heavy atom. The summed E-state index contributed by atoms with van der Waals surface area (Å²) in [5, 5.41) is 0.291. The molecule has 5 heteroatoms. The Labute approximate surface area is 122 Å². The summed E-state index contributed by atoms with van der Waals surface area (Å²) < 4.78 is 23.5. The lowest BCUT2D eigenvalue weighted by atomic mass is 9.99. The first-order chi connectivity index (χ1) is 9.55. The highest BCUT2D eigenvalue weighted by Crippen LogP contribution is 2.31. The van der Waals surface area contributed by atoms with Crippen LogP contribution in [0, 0.1) is 5.82 Å². The molecule has 2 rings (SSSR count). The van der Waals surface area contributed by atoms with Crippen LogP contribution in [0.4, 0.5) is 4.39 Å². The normalized spacial score (nSPS) is 12.1. The van der Waals surface area contributed by atoms with E-state index in [4.69, 9.17) is 26.8 Å². The minimum atomic E-state index is -0.493. The summed E-state index contributed by atoms with van der Waals surface area (Å²) >= 11 is 6.04. The summed E-state index contributed by atoms with van der Waals surface area (Å²) in [6, 6.07) is 9.01. The summed E-state index contributed by atoms with van der Waals surface area (Å²) in [7, 11) is 3.13. The van der Waals surface area contributed by atoms with Crippen molar-refractivity contribution in [3.8, 4) is 11.5 Å². The fourth-order valence-electron chi connectivity index (χ4n) is 1.94. The van der Waals surface area contributed by atoms with Gasteiger partial charge in [0.2, 0.25) is 0 Å². The second kappa shape index (κ2) is 6.11. The Kier molecular flexibility index (Phi) is 4.47. The zero-order chi connectivity index (χ0) is 14.7. The average molecular weight is 296 g/mol. The Morgan fingerprint density at radius 1 is 1.05 bits per heavy atom. The molecular weight excluding hydrogens is 281 g/mol. The molecule has 1 unspecified atom stereocenters. The Balaban J connectivity index is 2.44. The van der Waals surface area contributed by atoms with E-state index >= 15 is 0 Å². The van der Waals surface area contributed by atoms with Crippen LogP contribution in [0.1, 0.15) is 17.2 Å². The number of hydrogen-bond donors (Lipinski definition) is 1. The first-order valence-electron chi connectivity index (χ1n) is 5.98. The average Bonchev–Trinajstić information content (AvgIpc) is 2.46. The van der Waals surface area contributed by atoms with E-state index in [2.05, 4.69) is 0 Å². The fourth-order valence-corrected chi connectivity index (χ4v) is 2.23. The number of nitrogens with two attached hydrogens (primary N) is 1. The predicted molar refractivity (Wildman–Crippen MR) is 77.0 cm³/mol. The smallest absolute Gasteiger partial charge is 0.124 e. The van der Waals surface area contributed by atoms with Crippen molar-refractivity contribution in [1.29, 1.82) is 0 Å². The van der Waals surface area contributed by atoms with Crippen LogP contribution < -0.4 is 15.2 Å². The molecule has 2 N–H and O–H groups in total. The molecule has 2 aromatic rings. The van der Waals surface area contributed by atoms with Crippen LogP contribution in [0.5, 0.6) is 11.5 Å². The molecule has 3 nitrogen and oxygen atoms in total. The van der Waals surface area contributed by atoms with Gasteiger partial charge in [-0.15, -0.1) is 0 Å². The number of methoxy groups -OCH3 is 2. The van der Waals surface area contributed by atoms with Gasteiger partial charge in [-0.2, -0.15) is 0 Å². The van der Waals surface area contributed by atoms with Gasteiger partial charge < -0.3 is 15.2 Å². The Bertz CT molecular complexity index is 597. The first kappa shape index (κ1) is 14.6. The molecule has 20 heavy (non-hydrogen) atoms. The van der Waals surface area contributed by atoms with Gasteiger partial charge in [-0.1, -0.05) is 17.7 Å². The van der Waals surface area contributed by atoms with Crippen LogP contribution in [-0.2, 0) is 0 Å². The number of halogens is 2. The van der Waals surface area contributed by atoms with E-state index in [0.717, 1.165) is 5.56 Å². The molecule has 1 atom stereocenters. The van der Waals surface area contributed by atoms with E-state index in [1.807, 2.05) is 0 Å². The number of rotatable bonds is 4. The second-order valence-electron chi connectivity index (χ2n) is 4.29. The highest BCUT2D eigenvalue weighted by atomic mass is 35.5. The highest BCUT2D eigenvalue weighted by Gasteiger charge is 2.15. The molecule has 0 heterocycles. The minimum Gasteiger partial charge on any atom is -0.497 e. The lowest BCUT2D eigenvalue weighted by Gasteiger charge is -2.16. The highest BCUT2D eigenvalue weighted by molar-refractivity contribution is 6.31. The predicted octanol–water partition coefficient (Wildman–Crippen LogP) is 3.54. The molecule has 2 aromatic carbocycles. The van der Waals surface area contributed by atoms with Crippen molar-refractivity contribution < 1.29 is 13.9 Å². The first-order valence-corrected chi connectivity index (χ1v) is 6.36. The van der Waals surface area contributed by atoms with Crippen molar-refractivity contribution in [2.75, 3.05) is 14.2 Å².